The van der Waals surface area contributed by atoms with Crippen LogP contribution in [0.2, 0.25) is 0 Å². The molecule has 0 aliphatic carbocycles. The van der Waals surface area contributed by atoms with Crippen LogP contribution in [-0.4, -0.2) is 20.4 Å². The topological polar surface area (TPSA) is 57.5 Å². The number of unbranched alkanes of at least 4 members (excludes halogenated alkanes) is 16. The second-order valence-electron chi connectivity index (χ2n) is 7.09. The molecule has 0 fully saturated rings. The van der Waals surface area contributed by atoms with Crippen LogP contribution < -0.4 is 0 Å². The Balaban J connectivity index is 3.02. The highest BCUT2D eigenvalue weighted by Crippen LogP contribution is 2.35. The van der Waals surface area contributed by atoms with Crippen LogP contribution in [0.15, 0.2) is 0 Å². The molecule has 0 radical (unpaired) electrons. The lowest BCUT2D eigenvalue weighted by atomic mass is 10.0. The summed E-state index contributed by atoms with van der Waals surface area (Å²) in [6, 6.07) is 0. The van der Waals surface area contributed by atoms with Gasteiger partial charge in [-0.1, -0.05) is 119 Å². The van der Waals surface area contributed by atoms with Gasteiger partial charge in [0.05, 0.1) is 0 Å². The molecule has 24 heavy (non-hydrogen) atoms. The van der Waals surface area contributed by atoms with E-state index in [-0.39, 0.29) is 6.16 Å². The number of alkyl halides is 1. The Bertz CT molecular complexity index is 294. The average molecular weight is 474 g/mol. The van der Waals surface area contributed by atoms with Crippen LogP contribution in [0.1, 0.15) is 109 Å². The summed E-state index contributed by atoms with van der Waals surface area (Å²) in [4.78, 5) is 17.5. The summed E-state index contributed by atoms with van der Waals surface area (Å²) in [5, 5.41) is 0. The quantitative estimate of drug-likeness (QED) is 0.0899. The van der Waals surface area contributed by atoms with E-state index in [1.807, 2.05) is 0 Å². The maximum atomic E-state index is 10.7. The fourth-order valence-electron chi connectivity index (χ4n) is 3.06. The number of hydrogen-bond acceptors (Lipinski definition) is 1. The maximum absolute atomic E-state index is 10.7. The molecule has 0 aromatic carbocycles. The molecule has 0 rings (SSSR count). The van der Waals surface area contributed by atoms with Crippen molar-refractivity contribution in [3.8, 4) is 0 Å². The first-order chi connectivity index (χ1) is 11.6. The van der Waals surface area contributed by atoms with Gasteiger partial charge in [-0.3, -0.25) is 4.57 Å². The highest BCUT2D eigenvalue weighted by atomic mass is 127. The van der Waals surface area contributed by atoms with E-state index in [4.69, 9.17) is 9.79 Å². The largest absolute Gasteiger partial charge is 0.325 e. The van der Waals surface area contributed by atoms with E-state index in [9.17, 15) is 4.57 Å². The van der Waals surface area contributed by atoms with Crippen molar-refractivity contribution in [3.05, 3.63) is 0 Å². The van der Waals surface area contributed by atoms with Gasteiger partial charge >= 0.3 is 7.60 Å². The molecule has 0 aromatic rings. The molecule has 0 bridgehead atoms. The van der Waals surface area contributed by atoms with Crippen molar-refractivity contribution in [2.24, 2.45) is 0 Å². The number of hydrogen-bond donors (Lipinski definition) is 2. The first-order valence-electron chi connectivity index (χ1n) is 10.2. The molecule has 0 atom stereocenters. The van der Waals surface area contributed by atoms with E-state index in [1.54, 1.807) is 0 Å². The first kappa shape index (κ1) is 24.9. The van der Waals surface area contributed by atoms with Crippen LogP contribution in [0.3, 0.4) is 0 Å². The normalized spacial score (nSPS) is 12.0. The molecule has 0 aliphatic rings. The predicted octanol–water partition coefficient (Wildman–Crippen LogP) is 7.23. The Morgan fingerprint density at radius 2 is 0.750 bits per heavy atom. The van der Waals surface area contributed by atoms with Gasteiger partial charge in [-0.05, 0) is 17.3 Å². The van der Waals surface area contributed by atoms with Gasteiger partial charge in [0.25, 0.3) is 0 Å². The van der Waals surface area contributed by atoms with Gasteiger partial charge in [-0.2, -0.15) is 0 Å². The van der Waals surface area contributed by atoms with Gasteiger partial charge in [-0.15, -0.1) is 0 Å². The van der Waals surface area contributed by atoms with E-state index >= 15 is 0 Å². The van der Waals surface area contributed by atoms with Crippen LogP contribution in [0, 0.1) is 0 Å². The van der Waals surface area contributed by atoms with Crippen LogP contribution >= 0.6 is 30.2 Å². The van der Waals surface area contributed by atoms with Gasteiger partial charge in [-0.25, -0.2) is 0 Å². The molecule has 0 unspecified atom stereocenters. The third kappa shape index (κ3) is 22.9. The minimum atomic E-state index is -3.76. The Kier molecular flexibility index (Phi) is 19.3. The van der Waals surface area contributed by atoms with Gasteiger partial charge in [0, 0.05) is 6.16 Å². The fraction of sp³-hybridized carbons (Fsp3) is 1.00. The van der Waals surface area contributed by atoms with Crippen molar-refractivity contribution < 1.29 is 14.4 Å². The van der Waals surface area contributed by atoms with Gasteiger partial charge < -0.3 is 9.79 Å². The van der Waals surface area contributed by atoms with Crippen LogP contribution in [0.25, 0.3) is 0 Å². The summed E-state index contributed by atoms with van der Waals surface area (Å²) >= 11 is 2.47. The smallest absolute Gasteiger partial charge is 0.324 e. The zero-order valence-electron chi connectivity index (χ0n) is 15.6. The first-order valence-corrected chi connectivity index (χ1v) is 13.5. The molecule has 3 nitrogen and oxygen atoms in total. The van der Waals surface area contributed by atoms with Crippen molar-refractivity contribution in [1.29, 1.82) is 0 Å². The summed E-state index contributed by atoms with van der Waals surface area (Å²) in [6.45, 7) is 0. The van der Waals surface area contributed by atoms with E-state index in [0.29, 0.717) is 6.42 Å². The molecule has 0 aliphatic heterocycles. The van der Waals surface area contributed by atoms with Crippen molar-refractivity contribution in [2.75, 3.05) is 10.6 Å². The maximum Gasteiger partial charge on any atom is 0.325 e. The molecule has 2 N–H and O–H groups in total. The third-order valence-corrected chi connectivity index (χ3v) is 6.24. The zero-order chi connectivity index (χ0) is 17.9. The fourth-order valence-corrected chi connectivity index (χ4v) is 4.24. The van der Waals surface area contributed by atoms with Crippen molar-refractivity contribution in [3.63, 3.8) is 0 Å². The highest BCUT2D eigenvalue weighted by molar-refractivity contribution is 14.1. The Labute approximate surface area is 164 Å². The predicted molar refractivity (Wildman–Crippen MR) is 114 cm³/mol. The lowest BCUT2D eigenvalue weighted by molar-refractivity contribution is 0.370. The Morgan fingerprint density at radius 1 is 0.500 bits per heavy atom. The summed E-state index contributed by atoms with van der Waals surface area (Å²) in [7, 11) is -3.76. The molecule has 5 heteroatoms. The summed E-state index contributed by atoms with van der Waals surface area (Å²) in [5.41, 5.74) is 0. The molecule has 0 spiro atoms. The highest BCUT2D eigenvalue weighted by Gasteiger charge is 2.10. The van der Waals surface area contributed by atoms with Gasteiger partial charge in [0.1, 0.15) is 0 Å². The zero-order valence-corrected chi connectivity index (χ0v) is 18.6. The Morgan fingerprint density at radius 3 is 1.00 bits per heavy atom. The third-order valence-electron chi connectivity index (χ3n) is 4.58. The van der Waals surface area contributed by atoms with Crippen molar-refractivity contribution in [1.82, 2.24) is 0 Å². The number of halogens is 1. The molecular formula is C19H40IO3P. The second kappa shape index (κ2) is 18.7. The van der Waals surface area contributed by atoms with E-state index in [1.165, 1.54) is 94.3 Å². The SMILES string of the molecule is O=P(O)(O)CCCCCCCCCCCCCCCCCCCI. The van der Waals surface area contributed by atoms with Crippen molar-refractivity contribution >= 4 is 30.2 Å². The molecule has 0 amide bonds. The average Bonchev–Trinajstić information content (AvgIpc) is 2.52. The molecule has 0 heterocycles. The molecule has 0 saturated carbocycles. The van der Waals surface area contributed by atoms with E-state index in [2.05, 4.69) is 22.6 Å². The number of rotatable bonds is 19. The van der Waals surface area contributed by atoms with Gasteiger partial charge in [0.15, 0.2) is 0 Å². The minimum absolute atomic E-state index is 0.0610. The minimum Gasteiger partial charge on any atom is -0.324 e. The summed E-state index contributed by atoms with van der Waals surface area (Å²) in [6.07, 6.45) is 22.2. The molecule has 0 aromatic heterocycles. The summed E-state index contributed by atoms with van der Waals surface area (Å²) in [5.74, 6) is 0. The monoisotopic (exact) mass is 474 g/mol. The van der Waals surface area contributed by atoms with Crippen LogP contribution in [0.4, 0.5) is 0 Å². The van der Waals surface area contributed by atoms with Gasteiger partial charge in [0.2, 0.25) is 0 Å². The van der Waals surface area contributed by atoms with Crippen molar-refractivity contribution in [2.45, 2.75) is 109 Å². The lowest BCUT2D eigenvalue weighted by Gasteiger charge is -2.04. The molecular weight excluding hydrogens is 434 g/mol. The van der Waals surface area contributed by atoms with E-state index in [0.717, 1.165) is 12.8 Å². The lowest BCUT2D eigenvalue weighted by Crippen LogP contribution is -1.88. The second-order valence-corrected chi connectivity index (χ2v) is 9.94. The molecule has 146 valence electrons. The van der Waals surface area contributed by atoms with E-state index < -0.39 is 7.60 Å². The van der Waals surface area contributed by atoms with Crippen LogP contribution in [-0.2, 0) is 4.57 Å². The molecule has 0 saturated heterocycles. The van der Waals surface area contributed by atoms with Crippen LogP contribution in [0.5, 0.6) is 0 Å². The summed E-state index contributed by atoms with van der Waals surface area (Å²) < 4.78 is 12.0. The Hall–Kier alpha value is 0.880. The standard InChI is InChI=1S/C19H40IO3P/c20-18-16-14-12-10-8-6-4-2-1-3-5-7-9-11-13-15-17-19-24(21,22)23/h1-19H2,(H2,21,22,23).